The van der Waals surface area contributed by atoms with E-state index in [-0.39, 0.29) is 0 Å². The number of allylic oxidation sites excluding steroid dienone is 4. The van der Waals surface area contributed by atoms with Gasteiger partial charge < -0.3 is 0 Å². The van der Waals surface area contributed by atoms with Crippen LogP contribution in [0.4, 0.5) is 0 Å². The van der Waals surface area contributed by atoms with E-state index in [4.69, 9.17) is 0 Å². The second kappa shape index (κ2) is 7.00. The lowest BCUT2D eigenvalue weighted by Gasteiger charge is -2.33. The molecule has 1 unspecified atom stereocenters. The van der Waals surface area contributed by atoms with Crippen LogP contribution in [0.1, 0.15) is 51.2 Å². The molecule has 2 rings (SSSR count). The van der Waals surface area contributed by atoms with Gasteiger partial charge in [0, 0.05) is 0 Å². The zero-order chi connectivity index (χ0) is 16.3. The van der Waals surface area contributed by atoms with Gasteiger partial charge in [-0.25, -0.2) is 0 Å². The molecule has 1 aromatic carbocycles. The lowest BCUT2D eigenvalue weighted by molar-refractivity contribution is 0.786. The summed E-state index contributed by atoms with van der Waals surface area (Å²) in [6.45, 7) is 14.1. The van der Waals surface area contributed by atoms with E-state index in [2.05, 4.69) is 71.5 Å². The number of aryl methyl sites for hydroxylation is 2. The van der Waals surface area contributed by atoms with Crippen molar-refractivity contribution in [3.8, 4) is 0 Å². The van der Waals surface area contributed by atoms with Gasteiger partial charge in [0.15, 0.2) is 0 Å². The molecule has 22 heavy (non-hydrogen) atoms. The monoisotopic (exact) mass is 312 g/mol. The van der Waals surface area contributed by atoms with Gasteiger partial charge in [0.2, 0.25) is 0 Å². The molecule has 0 nitrogen and oxygen atoms in total. The third kappa shape index (κ3) is 3.46. The summed E-state index contributed by atoms with van der Waals surface area (Å²) in [6.07, 6.45) is 8.79. The highest BCUT2D eigenvalue weighted by Gasteiger charge is 2.36. The maximum Gasteiger partial charge on any atom is 0.115 e. The van der Waals surface area contributed by atoms with Gasteiger partial charge in [0.1, 0.15) is 8.07 Å². The Morgan fingerprint density at radius 1 is 1.05 bits per heavy atom. The van der Waals surface area contributed by atoms with E-state index in [1.54, 1.807) is 16.0 Å². The molecule has 0 fully saturated rings. The summed E-state index contributed by atoms with van der Waals surface area (Å²) < 4.78 is 0. The molecule has 0 bridgehead atoms. The van der Waals surface area contributed by atoms with Crippen molar-refractivity contribution in [3.63, 3.8) is 0 Å². The van der Waals surface area contributed by atoms with Crippen LogP contribution in [0.5, 0.6) is 0 Å². The molecule has 0 N–H and O–H groups in total. The molecular formula is C21H32Si. The Labute approximate surface area is 138 Å². The average molecular weight is 313 g/mol. The third-order valence-electron chi connectivity index (χ3n) is 5.08. The summed E-state index contributed by atoms with van der Waals surface area (Å²) in [5.41, 5.74) is 4.46. The van der Waals surface area contributed by atoms with Crippen molar-refractivity contribution in [2.24, 2.45) is 5.92 Å². The molecule has 120 valence electrons. The summed E-state index contributed by atoms with van der Waals surface area (Å²) in [4.78, 5) is 0. The van der Waals surface area contributed by atoms with Gasteiger partial charge in [-0.1, -0.05) is 92.0 Å². The van der Waals surface area contributed by atoms with E-state index < -0.39 is 8.07 Å². The van der Waals surface area contributed by atoms with E-state index >= 15 is 0 Å². The zero-order valence-electron chi connectivity index (χ0n) is 15.3. The maximum atomic E-state index is 2.60. The fourth-order valence-corrected chi connectivity index (χ4v) is 8.50. The molecule has 0 spiro atoms. The lowest BCUT2D eigenvalue weighted by atomic mass is 10.1. The number of unbranched alkanes of at least 4 members (excludes halogenated alkanes) is 1. The Kier molecular flexibility index (Phi) is 5.49. The van der Waals surface area contributed by atoms with Crippen LogP contribution < -0.4 is 5.19 Å². The topological polar surface area (TPSA) is 0 Å². The maximum absolute atomic E-state index is 2.60. The first-order valence-electron chi connectivity index (χ1n) is 8.88. The molecule has 1 aromatic rings. The Morgan fingerprint density at radius 2 is 1.68 bits per heavy atom. The standard InChI is InChI=1S/C21H32Si/c1-7-8-12-22(6,19-14-17(4)13-18(5)15-19)21-11-9-10-20(21)16(2)3/h10-11,13-16H,7-9,12H2,1-6H3. The second-order valence-electron chi connectivity index (χ2n) is 7.48. The van der Waals surface area contributed by atoms with E-state index in [0.29, 0.717) is 5.92 Å². The molecule has 1 heteroatoms. The van der Waals surface area contributed by atoms with E-state index in [1.165, 1.54) is 30.0 Å². The lowest BCUT2D eigenvalue weighted by Crippen LogP contribution is -2.47. The minimum absolute atomic E-state index is 0.646. The van der Waals surface area contributed by atoms with Gasteiger partial charge in [0.25, 0.3) is 0 Å². The predicted octanol–water partition coefficient (Wildman–Crippen LogP) is 5.84. The Hall–Kier alpha value is -1.08. The van der Waals surface area contributed by atoms with Crippen LogP contribution in [0.2, 0.25) is 12.6 Å². The SMILES string of the molecule is CCCC[Si](C)(C1=CCC=C1C(C)C)c1cc(C)cc(C)c1. The van der Waals surface area contributed by atoms with Crippen molar-refractivity contribution in [1.29, 1.82) is 0 Å². The predicted molar refractivity (Wildman–Crippen MR) is 103 cm³/mol. The summed E-state index contributed by atoms with van der Waals surface area (Å²) in [6, 6.07) is 8.61. The van der Waals surface area contributed by atoms with Crippen molar-refractivity contribution in [3.05, 3.63) is 52.2 Å². The van der Waals surface area contributed by atoms with Crippen LogP contribution in [-0.2, 0) is 0 Å². The van der Waals surface area contributed by atoms with E-state index in [0.717, 1.165) is 6.42 Å². The van der Waals surface area contributed by atoms with Gasteiger partial charge in [-0.05, 0) is 37.8 Å². The first-order chi connectivity index (χ1) is 10.4. The number of rotatable bonds is 6. The van der Waals surface area contributed by atoms with E-state index in [9.17, 15) is 0 Å². The second-order valence-corrected chi connectivity index (χ2v) is 11.8. The molecule has 0 aromatic heterocycles. The molecule has 0 amide bonds. The molecule has 0 heterocycles. The zero-order valence-corrected chi connectivity index (χ0v) is 16.3. The number of hydrogen-bond acceptors (Lipinski definition) is 0. The van der Waals surface area contributed by atoms with Crippen molar-refractivity contribution in [2.75, 3.05) is 0 Å². The molecule has 0 radical (unpaired) electrons. The minimum atomic E-state index is -1.61. The first-order valence-corrected chi connectivity index (χ1v) is 11.6. The summed E-state index contributed by atoms with van der Waals surface area (Å²) in [7, 11) is -1.61. The smallest absolute Gasteiger partial charge is 0.0808 e. The highest BCUT2D eigenvalue weighted by atomic mass is 28.3. The van der Waals surface area contributed by atoms with Crippen LogP contribution in [0.25, 0.3) is 0 Å². The van der Waals surface area contributed by atoms with Gasteiger partial charge in [-0.15, -0.1) is 0 Å². The van der Waals surface area contributed by atoms with Gasteiger partial charge in [-0.2, -0.15) is 0 Å². The molecule has 0 aliphatic heterocycles. The van der Waals surface area contributed by atoms with Crippen LogP contribution in [0.3, 0.4) is 0 Å². The number of hydrogen-bond donors (Lipinski definition) is 0. The first kappa shape index (κ1) is 17.3. The van der Waals surface area contributed by atoms with Crippen LogP contribution in [0.15, 0.2) is 41.1 Å². The third-order valence-corrected chi connectivity index (χ3v) is 9.67. The van der Waals surface area contributed by atoms with Crippen LogP contribution >= 0.6 is 0 Å². The molecular weight excluding hydrogens is 280 g/mol. The molecule has 1 atom stereocenters. The van der Waals surface area contributed by atoms with Crippen molar-refractivity contribution < 1.29 is 0 Å². The summed E-state index contributed by atoms with van der Waals surface area (Å²) in [5, 5.41) is 3.36. The van der Waals surface area contributed by atoms with Crippen LogP contribution in [-0.4, -0.2) is 8.07 Å². The highest BCUT2D eigenvalue weighted by molar-refractivity contribution is 6.97. The molecule has 0 saturated heterocycles. The Bertz CT molecular complexity index is 572. The Morgan fingerprint density at radius 3 is 2.23 bits per heavy atom. The Balaban J connectivity index is 2.51. The fourth-order valence-electron chi connectivity index (χ4n) is 3.88. The number of benzene rings is 1. The normalized spacial score (nSPS) is 17.4. The minimum Gasteiger partial charge on any atom is -0.0808 e. The quantitative estimate of drug-likeness (QED) is 0.579. The molecule has 0 saturated carbocycles. The van der Waals surface area contributed by atoms with Gasteiger partial charge >= 0.3 is 0 Å². The largest absolute Gasteiger partial charge is 0.115 e. The summed E-state index contributed by atoms with van der Waals surface area (Å²) >= 11 is 0. The summed E-state index contributed by atoms with van der Waals surface area (Å²) in [5.74, 6) is 0.646. The highest BCUT2D eigenvalue weighted by Crippen LogP contribution is 2.36. The van der Waals surface area contributed by atoms with Gasteiger partial charge in [0.05, 0.1) is 0 Å². The van der Waals surface area contributed by atoms with Crippen molar-refractivity contribution in [2.45, 2.75) is 66.5 Å². The van der Waals surface area contributed by atoms with Gasteiger partial charge in [-0.3, -0.25) is 0 Å². The molecule has 1 aliphatic rings. The van der Waals surface area contributed by atoms with E-state index in [1.807, 2.05) is 0 Å². The van der Waals surface area contributed by atoms with Crippen molar-refractivity contribution >= 4 is 13.3 Å². The molecule has 1 aliphatic carbocycles. The average Bonchev–Trinajstić information content (AvgIpc) is 2.94. The van der Waals surface area contributed by atoms with Crippen molar-refractivity contribution in [1.82, 2.24) is 0 Å². The van der Waals surface area contributed by atoms with Crippen LogP contribution in [0, 0.1) is 19.8 Å². The fraction of sp³-hybridized carbons (Fsp3) is 0.524.